The first-order valence-electron chi connectivity index (χ1n) is 5.10. The van der Waals surface area contributed by atoms with E-state index in [1.54, 1.807) is 11.3 Å². The summed E-state index contributed by atoms with van der Waals surface area (Å²) < 4.78 is 0.977. The summed E-state index contributed by atoms with van der Waals surface area (Å²) in [7, 11) is 0. The van der Waals surface area contributed by atoms with Gasteiger partial charge in [0.25, 0.3) is 5.91 Å². The number of benzene rings is 1. The number of thiophene rings is 1. The summed E-state index contributed by atoms with van der Waals surface area (Å²) in [4.78, 5) is 13.0. The average molecular weight is 306 g/mol. The molecule has 0 atom stereocenters. The smallest absolute Gasteiger partial charge is 0.256 e. The van der Waals surface area contributed by atoms with E-state index in [9.17, 15) is 4.79 Å². The highest BCUT2D eigenvalue weighted by Crippen LogP contribution is 2.35. The van der Waals surface area contributed by atoms with Gasteiger partial charge in [-0.1, -0.05) is 22.0 Å². The minimum Gasteiger partial charge on any atom is -0.321 e. The van der Waals surface area contributed by atoms with Gasteiger partial charge in [-0.2, -0.15) is 0 Å². The molecule has 1 amide bonds. The number of anilines is 1. The Labute approximate surface area is 111 Å². The molecule has 3 rings (SSSR count). The standard InChI is InChI=1S/C13H8BrNOS/c14-8-3-4-12-10(6-8)11(13(16)15-12)7-9-2-1-5-17-9/h1-7H,(H,15,16). The second kappa shape index (κ2) is 4.13. The number of carbonyl (C=O) groups is 1. The molecule has 0 saturated heterocycles. The second-order valence-electron chi connectivity index (χ2n) is 3.72. The fourth-order valence-corrected chi connectivity index (χ4v) is 2.84. The van der Waals surface area contributed by atoms with E-state index >= 15 is 0 Å². The van der Waals surface area contributed by atoms with Gasteiger partial charge >= 0.3 is 0 Å². The molecule has 2 nitrogen and oxygen atoms in total. The molecule has 1 aromatic heterocycles. The Hall–Kier alpha value is -1.39. The Bertz CT molecular complexity index is 616. The maximum absolute atomic E-state index is 11.9. The molecule has 0 fully saturated rings. The molecule has 2 heterocycles. The summed E-state index contributed by atoms with van der Waals surface area (Å²) in [6, 6.07) is 9.78. The molecule has 84 valence electrons. The van der Waals surface area contributed by atoms with E-state index in [-0.39, 0.29) is 5.91 Å². The molecule has 0 spiro atoms. The molecule has 0 aliphatic carbocycles. The van der Waals surface area contributed by atoms with E-state index < -0.39 is 0 Å². The van der Waals surface area contributed by atoms with Gasteiger partial charge in [0.1, 0.15) is 0 Å². The van der Waals surface area contributed by atoms with Crippen molar-refractivity contribution >= 4 is 50.5 Å². The number of hydrogen-bond acceptors (Lipinski definition) is 2. The predicted molar refractivity (Wildman–Crippen MR) is 75.0 cm³/mol. The number of halogens is 1. The van der Waals surface area contributed by atoms with Crippen molar-refractivity contribution < 1.29 is 4.79 Å². The van der Waals surface area contributed by atoms with E-state index in [0.29, 0.717) is 0 Å². The maximum atomic E-state index is 11.9. The summed E-state index contributed by atoms with van der Waals surface area (Å²) in [5.74, 6) is -0.0356. The molecule has 1 N–H and O–H groups in total. The molecule has 1 aliphatic rings. The lowest BCUT2D eigenvalue weighted by molar-refractivity contribution is -0.110. The van der Waals surface area contributed by atoms with Crippen LogP contribution in [-0.2, 0) is 4.79 Å². The van der Waals surface area contributed by atoms with Gasteiger partial charge in [-0.15, -0.1) is 11.3 Å². The van der Waals surface area contributed by atoms with Crippen molar-refractivity contribution in [3.8, 4) is 0 Å². The highest BCUT2D eigenvalue weighted by atomic mass is 79.9. The van der Waals surface area contributed by atoms with Crippen LogP contribution < -0.4 is 5.32 Å². The zero-order chi connectivity index (χ0) is 11.8. The van der Waals surface area contributed by atoms with Crippen LogP contribution in [0.15, 0.2) is 40.2 Å². The van der Waals surface area contributed by atoms with Gasteiger partial charge in [0.2, 0.25) is 0 Å². The normalized spacial score (nSPS) is 16.1. The third-order valence-electron chi connectivity index (χ3n) is 2.59. The van der Waals surface area contributed by atoms with Crippen molar-refractivity contribution in [2.24, 2.45) is 0 Å². The molecule has 4 heteroatoms. The first-order valence-corrected chi connectivity index (χ1v) is 6.78. The molecule has 0 unspecified atom stereocenters. The molecule has 1 aliphatic heterocycles. The molecule has 0 bridgehead atoms. The second-order valence-corrected chi connectivity index (χ2v) is 5.61. The van der Waals surface area contributed by atoms with Gasteiger partial charge in [-0.25, -0.2) is 0 Å². The van der Waals surface area contributed by atoms with Crippen molar-refractivity contribution in [2.75, 3.05) is 5.32 Å². The van der Waals surface area contributed by atoms with Crippen LogP contribution >= 0.6 is 27.3 Å². The van der Waals surface area contributed by atoms with Gasteiger partial charge in [0, 0.05) is 20.6 Å². The third-order valence-corrected chi connectivity index (χ3v) is 3.91. The van der Waals surface area contributed by atoms with Crippen molar-refractivity contribution in [2.45, 2.75) is 0 Å². The van der Waals surface area contributed by atoms with Gasteiger partial charge < -0.3 is 5.32 Å². The zero-order valence-electron chi connectivity index (χ0n) is 8.74. The van der Waals surface area contributed by atoms with E-state index in [1.165, 1.54) is 0 Å². The van der Waals surface area contributed by atoms with E-state index in [0.717, 1.165) is 26.2 Å². The molecule has 2 aromatic rings. The van der Waals surface area contributed by atoms with Crippen molar-refractivity contribution in [3.63, 3.8) is 0 Å². The molecule has 0 radical (unpaired) electrons. The van der Waals surface area contributed by atoms with Gasteiger partial charge in [-0.05, 0) is 35.7 Å². The Morgan fingerprint density at radius 2 is 2.18 bits per heavy atom. The third kappa shape index (κ3) is 1.94. The van der Waals surface area contributed by atoms with E-state index in [4.69, 9.17) is 0 Å². The van der Waals surface area contributed by atoms with E-state index in [2.05, 4.69) is 21.2 Å². The molecule has 0 saturated carbocycles. The van der Waals surface area contributed by atoms with Crippen LogP contribution in [0.25, 0.3) is 11.6 Å². The maximum Gasteiger partial charge on any atom is 0.256 e. The highest BCUT2D eigenvalue weighted by Gasteiger charge is 2.24. The van der Waals surface area contributed by atoms with Crippen LogP contribution in [0, 0.1) is 0 Å². The lowest BCUT2D eigenvalue weighted by atomic mass is 10.1. The fraction of sp³-hybridized carbons (Fsp3) is 0. The quantitative estimate of drug-likeness (QED) is 0.793. The monoisotopic (exact) mass is 305 g/mol. The number of rotatable bonds is 1. The minimum atomic E-state index is -0.0356. The van der Waals surface area contributed by atoms with Crippen molar-refractivity contribution in [1.82, 2.24) is 0 Å². The van der Waals surface area contributed by atoms with Gasteiger partial charge in [0.15, 0.2) is 0 Å². The van der Waals surface area contributed by atoms with Crippen LogP contribution in [0.5, 0.6) is 0 Å². The Morgan fingerprint density at radius 3 is 2.94 bits per heavy atom. The van der Waals surface area contributed by atoms with Crippen LogP contribution in [0.1, 0.15) is 10.4 Å². The Kier molecular flexibility index (Phi) is 2.61. The number of hydrogen-bond donors (Lipinski definition) is 1. The molecule has 17 heavy (non-hydrogen) atoms. The largest absolute Gasteiger partial charge is 0.321 e. The predicted octanol–water partition coefficient (Wildman–Crippen LogP) is 4.00. The van der Waals surface area contributed by atoms with Gasteiger partial charge in [-0.3, -0.25) is 4.79 Å². The van der Waals surface area contributed by atoms with Gasteiger partial charge in [0.05, 0.1) is 5.57 Å². The number of nitrogens with one attached hydrogen (secondary N) is 1. The van der Waals surface area contributed by atoms with E-state index in [1.807, 2.05) is 41.8 Å². The minimum absolute atomic E-state index is 0.0356. The molecule has 1 aromatic carbocycles. The summed E-state index contributed by atoms with van der Waals surface area (Å²) in [6.07, 6.45) is 1.93. The van der Waals surface area contributed by atoms with Crippen LogP contribution in [0.2, 0.25) is 0 Å². The summed E-state index contributed by atoms with van der Waals surface area (Å²) in [6.45, 7) is 0. The average Bonchev–Trinajstić information content (AvgIpc) is 2.90. The highest BCUT2D eigenvalue weighted by molar-refractivity contribution is 9.10. The summed E-state index contributed by atoms with van der Waals surface area (Å²) >= 11 is 5.05. The first kappa shape index (κ1) is 10.7. The number of amides is 1. The van der Waals surface area contributed by atoms with Crippen molar-refractivity contribution in [3.05, 3.63) is 50.6 Å². The zero-order valence-corrected chi connectivity index (χ0v) is 11.1. The SMILES string of the molecule is O=C1Nc2ccc(Br)cc2C1=Cc1cccs1. The summed E-state index contributed by atoms with van der Waals surface area (Å²) in [5.41, 5.74) is 2.56. The molecular weight excluding hydrogens is 298 g/mol. The number of fused-ring (bicyclic) bond motifs is 1. The lowest BCUT2D eigenvalue weighted by Gasteiger charge is -1.98. The lowest BCUT2D eigenvalue weighted by Crippen LogP contribution is -2.03. The Balaban J connectivity index is 2.13. The van der Waals surface area contributed by atoms with Crippen LogP contribution in [0.3, 0.4) is 0 Å². The van der Waals surface area contributed by atoms with Crippen molar-refractivity contribution in [1.29, 1.82) is 0 Å². The van der Waals surface area contributed by atoms with Crippen LogP contribution in [0.4, 0.5) is 5.69 Å². The Morgan fingerprint density at radius 1 is 1.29 bits per heavy atom. The van der Waals surface area contributed by atoms with Crippen LogP contribution in [-0.4, -0.2) is 5.91 Å². The molecular formula is C13H8BrNOS. The fourth-order valence-electron chi connectivity index (χ4n) is 1.82. The topological polar surface area (TPSA) is 29.1 Å². The number of carbonyl (C=O) groups excluding carboxylic acids is 1. The first-order chi connectivity index (χ1) is 8.24. The summed E-state index contributed by atoms with van der Waals surface area (Å²) in [5, 5.41) is 4.86.